The fourth-order valence-corrected chi connectivity index (χ4v) is 1.58. The first kappa shape index (κ1) is 15.1. The monoisotopic (exact) mass is 295 g/mol. The number of esters is 1. The molecular formula is C10H8ClF2NO5. The molecule has 104 valence electrons. The number of ether oxygens (including phenoxy) is 2. The van der Waals surface area contributed by atoms with Gasteiger partial charge in [0.1, 0.15) is 0 Å². The summed E-state index contributed by atoms with van der Waals surface area (Å²) < 4.78 is 32.8. The van der Waals surface area contributed by atoms with Crippen LogP contribution in [0.4, 0.5) is 14.5 Å². The lowest BCUT2D eigenvalue weighted by atomic mass is 10.1. The first-order chi connectivity index (χ1) is 8.90. The van der Waals surface area contributed by atoms with Crippen molar-refractivity contribution in [2.45, 2.75) is 12.5 Å². The Morgan fingerprint density at radius 3 is 2.58 bits per heavy atom. The largest absolute Gasteiger partial charge is 0.465 e. The standard InChI is InChI=1S/C10H8ClF2NO5/c1-18-9(15)6-3-8(19-10(12)13)7(14(16)17)2-5(6)4-11/h2-3,10H,4H2,1H3. The Bertz CT molecular complexity index is 509. The van der Waals surface area contributed by atoms with Gasteiger partial charge in [-0.05, 0) is 5.56 Å². The van der Waals surface area contributed by atoms with E-state index in [0.29, 0.717) is 0 Å². The fraction of sp³-hybridized carbons (Fsp3) is 0.300. The minimum Gasteiger partial charge on any atom is -0.465 e. The SMILES string of the molecule is COC(=O)c1cc(OC(F)F)c([N+](=O)[O-])cc1CCl. The normalized spacial score (nSPS) is 10.4. The predicted octanol–water partition coefficient (Wildman–Crippen LogP) is 2.72. The minimum absolute atomic E-state index is 0.0850. The zero-order valence-electron chi connectivity index (χ0n) is 9.56. The van der Waals surface area contributed by atoms with Gasteiger partial charge in [-0.2, -0.15) is 8.78 Å². The van der Waals surface area contributed by atoms with Gasteiger partial charge in [-0.15, -0.1) is 11.6 Å². The molecule has 1 aromatic rings. The van der Waals surface area contributed by atoms with Gasteiger partial charge in [-0.3, -0.25) is 10.1 Å². The Balaban J connectivity index is 3.42. The summed E-state index contributed by atoms with van der Waals surface area (Å²) in [5.74, 6) is -1.81. The molecular weight excluding hydrogens is 288 g/mol. The maximum Gasteiger partial charge on any atom is 0.387 e. The molecule has 0 aliphatic carbocycles. The van der Waals surface area contributed by atoms with Gasteiger partial charge in [0.2, 0.25) is 5.75 Å². The molecule has 1 aromatic carbocycles. The molecule has 0 radical (unpaired) electrons. The van der Waals surface area contributed by atoms with E-state index in [0.717, 1.165) is 19.2 Å². The van der Waals surface area contributed by atoms with Crippen LogP contribution in [0.25, 0.3) is 0 Å². The quantitative estimate of drug-likeness (QED) is 0.361. The highest BCUT2D eigenvalue weighted by atomic mass is 35.5. The van der Waals surface area contributed by atoms with Crippen LogP contribution in [-0.2, 0) is 10.6 Å². The third-order valence-electron chi connectivity index (χ3n) is 2.15. The zero-order chi connectivity index (χ0) is 14.6. The third kappa shape index (κ3) is 3.50. The fourth-order valence-electron chi connectivity index (χ4n) is 1.36. The number of nitro groups is 1. The number of nitro benzene ring substituents is 1. The molecule has 9 heteroatoms. The van der Waals surface area contributed by atoms with E-state index < -0.39 is 28.9 Å². The molecule has 0 aromatic heterocycles. The Kier molecular flexibility index (Phi) is 4.99. The Labute approximate surface area is 111 Å². The van der Waals surface area contributed by atoms with Gasteiger partial charge in [-0.25, -0.2) is 4.79 Å². The molecule has 0 atom stereocenters. The number of nitrogens with zero attached hydrogens (tertiary/aromatic N) is 1. The number of methoxy groups -OCH3 is 1. The van der Waals surface area contributed by atoms with Crippen LogP contribution in [0.3, 0.4) is 0 Å². The van der Waals surface area contributed by atoms with Gasteiger partial charge in [-0.1, -0.05) is 0 Å². The molecule has 0 aliphatic rings. The van der Waals surface area contributed by atoms with Gasteiger partial charge in [0.25, 0.3) is 0 Å². The highest BCUT2D eigenvalue weighted by Crippen LogP contribution is 2.32. The maximum absolute atomic E-state index is 12.2. The van der Waals surface area contributed by atoms with E-state index in [1.165, 1.54) is 0 Å². The molecule has 0 aliphatic heterocycles. The van der Waals surface area contributed by atoms with Crippen molar-refractivity contribution in [2.75, 3.05) is 7.11 Å². The van der Waals surface area contributed by atoms with E-state index >= 15 is 0 Å². The molecule has 0 amide bonds. The summed E-state index contributed by atoms with van der Waals surface area (Å²) in [6.45, 7) is -3.26. The molecule has 0 N–H and O–H groups in total. The summed E-state index contributed by atoms with van der Waals surface area (Å²) in [6, 6.07) is 1.71. The molecule has 1 rings (SSSR count). The van der Waals surface area contributed by atoms with Crippen LogP contribution < -0.4 is 4.74 Å². The van der Waals surface area contributed by atoms with E-state index in [2.05, 4.69) is 9.47 Å². The van der Waals surface area contributed by atoms with Gasteiger partial charge in [0, 0.05) is 18.0 Å². The molecule has 0 bridgehead atoms. The number of hydrogen-bond donors (Lipinski definition) is 0. The van der Waals surface area contributed by atoms with Crippen molar-refractivity contribution in [3.05, 3.63) is 33.4 Å². The number of alkyl halides is 3. The van der Waals surface area contributed by atoms with Gasteiger partial charge < -0.3 is 9.47 Å². The average molecular weight is 296 g/mol. The Morgan fingerprint density at radius 1 is 1.53 bits per heavy atom. The second-order valence-electron chi connectivity index (χ2n) is 3.24. The van der Waals surface area contributed by atoms with E-state index in [1.807, 2.05) is 0 Å². The average Bonchev–Trinajstić information content (AvgIpc) is 2.36. The van der Waals surface area contributed by atoms with Crippen molar-refractivity contribution >= 4 is 23.3 Å². The molecule has 0 heterocycles. The van der Waals surface area contributed by atoms with Gasteiger partial charge >= 0.3 is 18.3 Å². The molecule has 0 unspecified atom stereocenters. The highest BCUT2D eigenvalue weighted by Gasteiger charge is 2.24. The minimum atomic E-state index is -3.26. The van der Waals surface area contributed by atoms with Crippen molar-refractivity contribution in [2.24, 2.45) is 0 Å². The first-order valence-electron chi connectivity index (χ1n) is 4.81. The maximum atomic E-state index is 12.2. The summed E-state index contributed by atoms with van der Waals surface area (Å²) in [5, 5.41) is 10.7. The molecule has 0 spiro atoms. The molecule has 0 saturated carbocycles. The highest BCUT2D eigenvalue weighted by molar-refractivity contribution is 6.17. The van der Waals surface area contributed by atoms with Crippen LogP contribution in [0.15, 0.2) is 12.1 Å². The van der Waals surface area contributed by atoms with Gasteiger partial charge in [0.15, 0.2) is 0 Å². The lowest BCUT2D eigenvalue weighted by molar-refractivity contribution is -0.386. The summed E-state index contributed by atoms with van der Waals surface area (Å²) >= 11 is 5.55. The van der Waals surface area contributed by atoms with Crippen LogP contribution >= 0.6 is 11.6 Å². The van der Waals surface area contributed by atoms with Crippen molar-refractivity contribution in [1.29, 1.82) is 0 Å². The van der Waals surface area contributed by atoms with Crippen LogP contribution in [0, 0.1) is 10.1 Å². The predicted molar refractivity (Wildman–Crippen MR) is 60.6 cm³/mol. The van der Waals surface area contributed by atoms with Crippen molar-refractivity contribution < 1.29 is 28.0 Å². The van der Waals surface area contributed by atoms with E-state index in [9.17, 15) is 23.7 Å². The molecule has 0 fully saturated rings. The number of halogens is 3. The van der Waals surface area contributed by atoms with Crippen LogP contribution in [0.1, 0.15) is 15.9 Å². The summed E-state index contributed by atoms with van der Waals surface area (Å²) in [4.78, 5) is 21.3. The topological polar surface area (TPSA) is 78.7 Å². The van der Waals surface area contributed by atoms with Crippen molar-refractivity contribution in [3.63, 3.8) is 0 Å². The Hall–Kier alpha value is -1.96. The van der Waals surface area contributed by atoms with Crippen LogP contribution in [0.2, 0.25) is 0 Å². The lowest BCUT2D eigenvalue weighted by Gasteiger charge is -2.10. The first-order valence-corrected chi connectivity index (χ1v) is 5.34. The number of carbonyl (C=O) groups is 1. The summed E-state index contributed by atoms with van der Waals surface area (Å²) in [5.41, 5.74) is -0.788. The van der Waals surface area contributed by atoms with E-state index in [-0.39, 0.29) is 17.0 Å². The van der Waals surface area contributed by atoms with Crippen LogP contribution in [-0.4, -0.2) is 24.6 Å². The van der Waals surface area contributed by atoms with Crippen molar-refractivity contribution in [3.8, 4) is 5.75 Å². The second kappa shape index (κ2) is 6.28. The lowest BCUT2D eigenvalue weighted by Crippen LogP contribution is -2.10. The molecule has 0 saturated heterocycles. The zero-order valence-corrected chi connectivity index (χ0v) is 10.3. The molecule has 6 nitrogen and oxygen atoms in total. The number of rotatable bonds is 5. The van der Waals surface area contributed by atoms with Crippen LogP contribution in [0.5, 0.6) is 5.75 Å². The summed E-state index contributed by atoms with van der Waals surface area (Å²) in [6.07, 6.45) is 0. The molecule has 19 heavy (non-hydrogen) atoms. The number of hydrogen-bond acceptors (Lipinski definition) is 5. The summed E-state index contributed by atoms with van der Waals surface area (Å²) in [7, 11) is 1.08. The number of carbonyl (C=O) groups excluding carboxylic acids is 1. The van der Waals surface area contributed by atoms with Crippen molar-refractivity contribution in [1.82, 2.24) is 0 Å². The second-order valence-corrected chi connectivity index (χ2v) is 3.51. The van der Waals surface area contributed by atoms with E-state index in [1.54, 1.807) is 0 Å². The van der Waals surface area contributed by atoms with E-state index in [4.69, 9.17) is 11.6 Å². The third-order valence-corrected chi connectivity index (χ3v) is 2.43. The smallest absolute Gasteiger partial charge is 0.387 e. The number of benzene rings is 1. The Morgan fingerprint density at radius 2 is 2.16 bits per heavy atom. The van der Waals surface area contributed by atoms with Gasteiger partial charge in [0.05, 0.1) is 17.6 Å².